The molecule has 39 heavy (non-hydrogen) atoms. The molecule has 0 radical (unpaired) electrons. The molecule has 5 rings (SSSR count). The van der Waals surface area contributed by atoms with Crippen LogP contribution in [0.3, 0.4) is 0 Å². The molecule has 2 heterocycles. The molecule has 0 saturated heterocycles. The molecule has 8 nitrogen and oxygen atoms in total. The molecule has 0 atom stereocenters. The highest BCUT2D eigenvalue weighted by molar-refractivity contribution is 7.99. The van der Waals surface area contributed by atoms with Gasteiger partial charge in [0, 0.05) is 40.6 Å². The zero-order valence-electron chi connectivity index (χ0n) is 21.4. The molecular formula is C30H25N3O5S. The summed E-state index contributed by atoms with van der Waals surface area (Å²) < 4.78 is 21.8. The summed E-state index contributed by atoms with van der Waals surface area (Å²) in [5.74, 6) is 2.77. The fourth-order valence-electron chi connectivity index (χ4n) is 4.17. The Balaban J connectivity index is 1.43. The molecule has 9 heteroatoms. The second-order valence-corrected chi connectivity index (χ2v) is 9.58. The standard InChI is InChI=1S/C30H25N3O5S/c1-35-21-9-11-26(36-2)23(15-21)22-16-25(19-6-4-3-5-7-19)33-30(24(22)17-31)39-13-12-29(34)32-20-8-10-27-28(14-20)38-18-37-27/h3-11,14-16H,12-13,18H2,1-2H3,(H,32,34). The average Bonchev–Trinajstić information content (AvgIpc) is 3.45. The molecule has 0 fully saturated rings. The Kier molecular flexibility index (Phi) is 7.85. The van der Waals surface area contributed by atoms with Gasteiger partial charge in [0.2, 0.25) is 12.7 Å². The Bertz CT molecular complexity index is 1550. The zero-order valence-corrected chi connectivity index (χ0v) is 22.2. The van der Waals surface area contributed by atoms with Gasteiger partial charge in [-0.3, -0.25) is 4.79 Å². The van der Waals surface area contributed by atoms with E-state index in [-0.39, 0.29) is 19.1 Å². The van der Waals surface area contributed by atoms with Crippen molar-refractivity contribution < 1.29 is 23.7 Å². The smallest absolute Gasteiger partial charge is 0.231 e. The number of hydrogen-bond donors (Lipinski definition) is 1. The quantitative estimate of drug-likeness (QED) is 0.253. The molecule has 1 N–H and O–H groups in total. The maximum Gasteiger partial charge on any atom is 0.231 e. The number of ether oxygens (including phenoxy) is 4. The summed E-state index contributed by atoms with van der Waals surface area (Å²) in [5.41, 5.74) is 4.05. The van der Waals surface area contributed by atoms with E-state index in [9.17, 15) is 10.1 Å². The first-order chi connectivity index (χ1) is 19.1. The van der Waals surface area contributed by atoms with Gasteiger partial charge >= 0.3 is 0 Å². The van der Waals surface area contributed by atoms with Gasteiger partial charge in [-0.25, -0.2) is 4.98 Å². The third kappa shape index (κ3) is 5.76. The Hall–Kier alpha value is -4.68. The van der Waals surface area contributed by atoms with Crippen LogP contribution in [-0.2, 0) is 4.79 Å². The highest BCUT2D eigenvalue weighted by Gasteiger charge is 2.20. The fourth-order valence-corrected chi connectivity index (χ4v) is 5.11. The number of nitriles is 1. The van der Waals surface area contributed by atoms with Crippen molar-refractivity contribution in [1.29, 1.82) is 5.26 Å². The normalized spacial score (nSPS) is 11.5. The van der Waals surface area contributed by atoms with E-state index < -0.39 is 0 Å². The predicted octanol–water partition coefficient (Wildman–Crippen LogP) is 6.15. The van der Waals surface area contributed by atoms with Gasteiger partial charge in [-0.15, -0.1) is 11.8 Å². The van der Waals surface area contributed by atoms with E-state index in [0.717, 1.165) is 11.1 Å². The van der Waals surface area contributed by atoms with Crippen LogP contribution in [0.2, 0.25) is 0 Å². The van der Waals surface area contributed by atoms with Gasteiger partial charge < -0.3 is 24.3 Å². The monoisotopic (exact) mass is 539 g/mol. The maximum absolute atomic E-state index is 12.7. The van der Waals surface area contributed by atoms with Crippen molar-refractivity contribution in [2.45, 2.75) is 11.4 Å². The average molecular weight is 540 g/mol. The molecular weight excluding hydrogens is 514 g/mol. The number of carbonyl (C=O) groups is 1. The molecule has 196 valence electrons. The number of benzene rings is 3. The van der Waals surface area contributed by atoms with Crippen LogP contribution >= 0.6 is 11.8 Å². The Labute approximate surface area is 230 Å². The minimum atomic E-state index is -0.159. The lowest BCUT2D eigenvalue weighted by molar-refractivity contribution is -0.115. The molecule has 1 aromatic heterocycles. The second kappa shape index (κ2) is 11.8. The van der Waals surface area contributed by atoms with Crippen LogP contribution in [0.15, 0.2) is 77.8 Å². The van der Waals surface area contributed by atoms with E-state index in [1.807, 2.05) is 54.6 Å². The van der Waals surface area contributed by atoms with E-state index in [1.54, 1.807) is 32.4 Å². The molecule has 1 amide bonds. The first kappa shape index (κ1) is 25.9. The SMILES string of the molecule is COc1ccc(OC)c(-c2cc(-c3ccccc3)nc(SCCC(=O)Nc3ccc4c(c3)OCO4)c2C#N)c1. The summed E-state index contributed by atoms with van der Waals surface area (Å²) in [6.45, 7) is 0.170. The zero-order chi connectivity index (χ0) is 27.2. The van der Waals surface area contributed by atoms with Crippen LogP contribution in [-0.4, -0.2) is 37.7 Å². The van der Waals surface area contributed by atoms with E-state index in [1.165, 1.54) is 11.8 Å². The van der Waals surface area contributed by atoms with Crippen LogP contribution < -0.4 is 24.3 Å². The summed E-state index contributed by atoms with van der Waals surface area (Å²) in [4.78, 5) is 17.5. The highest BCUT2D eigenvalue weighted by Crippen LogP contribution is 2.40. The molecule has 0 spiro atoms. The number of fused-ring (bicyclic) bond motifs is 1. The number of nitrogens with zero attached hydrogens (tertiary/aromatic N) is 2. The first-order valence-electron chi connectivity index (χ1n) is 12.1. The van der Waals surface area contributed by atoms with Crippen molar-refractivity contribution in [2.24, 2.45) is 0 Å². The molecule has 4 aromatic rings. The minimum absolute atomic E-state index is 0.159. The Morgan fingerprint density at radius 1 is 1.00 bits per heavy atom. The van der Waals surface area contributed by atoms with Crippen LogP contribution in [0.4, 0.5) is 5.69 Å². The minimum Gasteiger partial charge on any atom is -0.497 e. The highest BCUT2D eigenvalue weighted by atomic mass is 32.2. The lowest BCUT2D eigenvalue weighted by Crippen LogP contribution is -2.12. The molecule has 0 aliphatic carbocycles. The van der Waals surface area contributed by atoms with Crippen molar-refractivity contribution in [2.75, 3.05) is 32.1 Å². The number of pyridine rings is 1. The van der Waals surface area contributed by atoms with Crippen LogP contribution in [0, 0.1) is 11.3 Å². The Morgan fingerprint density at radius 3 is 2.59 bits per heavy atom. The number of anilines is 1. The summed E-state index contributed by atoms with van der Waals surface area (Å²) in [6.07, 6.45) is 0.221. The molecule has 0 bridgehead atoms. The van der Waals surface area contributed by atoms with Crippen LogP contribution in [0.5, 0.6) is 23.0 Å². The van der Waals surface area contributed by atoms with E-state index >= 15 is 0 Å². The summed E-state index contributed by atoms with van der Waals surface area (Å²) in [7, 11) is 3.18. The lowest BCUT2D eigenvalue weighted by atomic mass is 9.98. The van der Waals surface area contributed by atoms with Gasteiger partial charge in [-0.2, -0.15) is 5.26 Å². The molecule has 1 aliphatic rings. The first-order valence-corrected chi connectivity index (χ1v) is 13.1. The summed E-state index contributed by atoms with van der Waals surface area (Å²) >= 11 is 1.36. The molecule has 0 unspecified atom stereocenters. The van der Waals surface area contributed by atoms with Gasteiger partial charge in [0.1, 0.15) is 22.6 Å². The number of rotatable bonds is 9. The van der Waals surface area contributed by atoms with E-state index in [2.05, 4.69) is 11.4 Å². The van der Waals surface area contributed by atoms with E-state index in [4.69, 9.17) is 23.9 Å². The van der Waals surface area contributed by atoms with Gasteiger partial charge in [0.05, 0.1) is 25.5 Å². The number of nitrogens with one attached hydrogen (secondary N) is 1. The Morgan fingerprint density at radius 2 is 1.82 bits per heavy atom. The van der Waals surface area contributed by atoms with Gasteiger partial charge in [-0.05, 0) is 36.4 Å². The fraction of sp³-hybridized carbons (Fsp3) is 0.167. The third-order valence-corrected chi connectivity index (χ3v) is 7.07. The largest absolute Gasteiger partial charge is 0.497 e. The van der Waals surface area contributed by atoms with Crippen molar-refractivity contribution in [3.8, 4) is 51.5 Å². The van der Waals surface area contributed by atoms with Gasteiger partial charge in [0.15, 0.2) is 11.5 Å². The number of hydrogen-bond acceptors (Lipinski definition) is 8. The third-order valence-electron chi connectivity index (χ3n) is 6.09. The van der Waals surface area contributed by atoms with Crippen molar-refractivity contribution in [3.63, 3.8) is 0 Å². The predicted molar refractivity (Wildman–Crippen MR) is 149 cm³/mol. The van der Waals surface area contributed by atoms with Crippen molar-refractivity contribution in [3.05, 3.63) is 78.4 Å². The molecule has 3 aromatic carbocycles. The summed E-state index contributed by atoms with van der Waals surface area (Å²) in [5, 5.41) is 13.6. The lowest BCUT2D eigenvalue weighted by Gasteiger charge is -2.15. The van der Waals surface area contributed by atoms with Crippen LogP contribution in [0.1, 0.15) is 12.0 Å². The van der Waals surface area contributed by atoms with E-state index in [0.29, 0.717) is 56.3 Å². The number of methoxy groups -OCH3 is 2. The number of thioether (sulfide) groups is 1. The molecule has 0 saturated carbocycles. The van der Waals surface area contributed by atoms with Gasteiger partial charge in [0.25, 0.3) is 0 Å². The van der Waals surface area contributed by atoms with Gasteiger partial charge in [-0.1, -0.05) is 30.3 Å². The number of amides is 1. The van der Waals surface area contributed by atoms with Crippen molar-refractivity contribution >= 4 is 23.4 Å². The number of carbonyl (C=O) groups excluding carboxylic acids is 1. The maximum atomic E-state index is 12.7. The topological polar surface area (TPSA) is 103 Å². The second-order valence-electron chi connectivity index (χ2n) is 8.49. The number of aromatic nitrogens is 1. The summed E-state index contributed by atoms with van der Waals surface area (Å²) in [6, 6.07) is 24.7. The van der Waals surface area contributed by atoms with Crippen LogP contribution in [0.25, 0.3) is 22.4 Å². The van der Waals surface area contributed by atoms with Crippen molar-refractivity contribution in [1.82, 2.24) is 4.98 Å². The molecule has 1 aliphatic heterocycles.